The molecule has 1 amide bonds. The van der Waals surface area contributed by atoms with Crippen molar-refractivity contribution in [3.05, 3.63) is 57.6 Å². The number of rotatable bonds is 6. The van der Waals surface area contributed by atoms with Crippen LogP contribution >= 0.6 is 11.6 Å². The number of hydrogen-bond donors (Lipinski definition) is 1. The third-order valence-electron chi connectivity index (χ3n) is 6.86. The lowest BCUT2D eigenvalue weighted by molar-refractivity contribution is -0.120. The predicted molar refractivity (Wildman–Crippen MR) is 129 cm³/mol. The molecule has 2 aliphatic rings. The third kappa shape index (κ3) is 4.45. The molecule has 0 saturated carbocycles. The Bertz CT molecular complexity index is 1120. The van der Waals surface area contributed by atoms with Crippen LogP contribution in [0.25, 0.3) is 0 Å². The van der Waals surface area contributed by atoms with Crippen LogP contribution in [0.3, 0.4) is 0 Å². The molecule has 1 aliphatic carbocycles. The average Bonchev–Trinajstić information content (AvgIpc) is 3.27. The Hall–Kier alpha value is -1.89. The number of carbonyl (C=O) groups excluding carboxylic acids is 1. The summed E-state index contributed by atoms with van der Waals surface area (Å²) >= 11 is 6.37. The number of anilines is 1. The first kappa shape index (κ1) is 23.3. The third-order valence-corrected chi connectivity index (χ3v) is 9.11. The molecule has 1 fully saturated rings. The first-order valence-corrected chi connectivity index (χ1v) is 13.4. The lowest BCUT2D eigenvalue weighted by atomic mass is 9.96. The molecule has 4 rings (SSSR count). The molecule has 5 nitrogen and oxygen atoms in total. The molecule has 0 atom stereocenters. The molecule has 0 spiro atoms. The SMILES string of the molecule is CCc1ccc(Cl)c(CC)c1NC(=O)C1CCN(S(=O)(=O)c2ccc3c(c2)CCC3)CC1. The first-order valence-electron chi connectivity index (χ1n) is 11.6. The van der Waals surface area contributed by atoms with Crippen LogP contribution in [0.4, 0.5) is 5.69 Å². The predicted octanol–water partition coefficient (Wildman–Crippen LogP) is 4.99. The zero-order chi connectivity index (χ0) is 22.9. The second-order valence-corrected chi connectivity index (χ2v) is 11.1. The molecular weight excluding hydrogens is 444 g/mol. The normalized spacial score (nSPS) is 17.3. The first-order chi connectivity index (χ1) is 15.3. The topological polar surface area (TPSA) is 66.5 Å². The van der Waals surface area contributed by atoms with E-state index in [1.54, 1.807) is 6.07 Å². The summed E-state index contributed by atoms with van der Waals surface area (Å²) in [5.41, 5.74) is 5.26. The summed E-state index contributed by atoms with van der Waals surface area (Å²) in [5.74, 6) is -0.263. The number of benzene rings is 2. The highest BCUT2D eigenvalue weighted by molar-refractivity contribution is 7.89. The molecule has 1 aliphatic heterocycles. The van der Waals surface area contributed by atoms with Gasteiger partial charge in [-0.25, -0.2) is 8.42 Å². The number of amides is 1. The number of carbonyl (C=O) groups is 1. The molecule has 172 valence electrons. The summed E-state index contributed by atoms with van der Waals surface area (Å²) in [5, 5.41) is 3.78. The van der Waals surface area contributed by atoms with Gasteiger partial charge in [0.25, 0.3) is 0 Å². The molecule has 2 aromatic carbocycles. The zero-order valence-corrected chi connectivity index (χ0v) is 20.4. The maximum atomic E-state index is 13.2. The Morgan fingerprint density at radius 2 is 1.78 bits per heavy atom. The number of piperidine rings is 1. The highest BCUT2D eigenvalue weighted by atomic mass is 35.5. The van der Waals surface area contributed by atoms with Crippen LogP contribution in [0.2, 0.25) is 5.02 Å². The highest BCUT2D eigenvalue weighted by Gasteiger charge is 2.33. The van der Waals surface area contributed by atoms with Crippen molar-refractivity contribution in [2.75, 3.05) is 18.4 Å². The van der Waals surface area contributed by atoms with Crippen molar-refractivity contribution < 1.29 is 13.2 Å². The van der Waals surface area contributed by atoms with Gasteiger partial charge in [0.1, 0.15) is 0 Å². The molecule has 0 bridgehead atoms. The molecule has 7 heteroatoms. The Kier molecular flexibility index (Phi) is 6.94. The van der Waals surface area contributed by atoms with Crippen LogP contribution in [0.1, 0.15) is 55.4 Å². The summed E-state index contributed by atoms with van der Waals surface area (Å²) in [6, 6.07) is 9.38. The van der Waals surface area contributed by atoms with E-state index >= 15 is 0 Å². The van der Waals surface area contributed by atoms with Gasteiger partial charge >= 0.3 is 0 Å². The monoisotopic (exact) mass is 474 g/mol. The van der Waals surface area contributed by atoms with Gasteiger partial charge < -0.3 is 5.32 Å². The van der Waals surface area contributed by atoms with Gasteiger partial charge in [-0.2, -0.15) is 4.31 Å². The maximum absolute atomic E-state index is 13.2. The molecular formula is C25H31ClN2O3S. The van der Waals surface area contributed by atoms with Gasteiger partial charge in [-0.05, 0) is 85.4 Å². The van der Waals surface area contributed by atoms with Gasteiger partial charge in [0.2, 0.25) is 15.9 Å². The summed E-state index contributed by atoms with van der Waals surface area (Å²) < 4.78 is 27.9. The average molecular weight is 475 g/mol. The van der Waals surface area contributed by atoms with Crippen molar-refractivity contribution in [3.8, 4) is 0 Å². The van der Waals surface area contributed by atoms with Gasteiger partial charge in [-0.15, -0.1) is 0 Å². The fourth-order valence-corrected chi connectivity index (χ4v) is 6.72. The summed E-state index contributed by atoms with van der Waals surface area (Å²) in [6.07, 6.45) is 5.63. The number of nitrogens with zero attached hydrogens (tertiary/aromatic N) is 1. The van der Waals surface area contributed by atoms with E-state index < -0.39 is 10.0 Å². The molecule has 2 aromatic rings. The van der Waals surface area contributed by atoms with E-state index in [1.165, 1.54) is 9.87 Å². The second kappa shape index (κ2) is 9.54. The lowest BCUT2D eigenvalue weighted by Crippen LogP contribution is -2.41. The molecule has 0 unspecified atom stereocenters. The largest absolute Gasteiger partial charge is 0.325 e. The van der Waals surface area contributed by atoms with E-state index in [1.807, 2.05) is 31.2 Å². The Morgan fingerprint density at radius 3 is 2.47 bits per heavy atom. The van der Waals surface area contributed by atoms with Crippen molar-refractivity contribution in [2.45, 2.75) is 63.7 Å². The van der Waals surface area contributed by atoms with Crippen LogP contribution in [0, 0.1) is 5.92 Å². The van der Waals surface area contributed by atoms with E-state index in [4.69, 9.17) is 11.6 Å². The Morgan fingerprint density at radius 1 is 1.06 bits per heavy atom. The van der Waals surface area contributed by atoms with Crippen molar-refractivity contribution in [1.29, 1.82) is 0 Å². The van der Waals surface area contributed by atoms with Gasteiger partial charge in [0.15, 0.2) is 0 Å². The van der Waals surface area contributed by atoms with Crippen molar-refractivity contribution >= 4 is 33.2 Å². The van der Waals surface area contributed by atoms with Crippen LogP contribution < -0.4 is 5.32 Å². The smallest absolute Gasteiger partial charge is 0.243 e. The number of nitrogens with one attached hydrogen (secondary N) is 1. The fourth-order valence-electron chi connectivity index (χ4n) is 4.91. The minimum Gasteiger partial charge on any atom is -0.325 e. The van der Waals surface area contributed by atoms with E-state index in [0.29, 0.717) is 35.8 Å². The van der Waals surface area contributed by atoms with Crippen LogP contribution in [-0.2, 0) is 40.5 Å². The Balaban J connectivity index is 1.44. The number of halogens is 1. The summed E-state index contributed by atoms with van der Waals surface area (Å²) in [7, 11) is -3.53. The van der Waals surface area contributed by atoms with E-state index in [2.05, 4.69) is 12.2 Å². The highest BCUT2D eigenvalue weighted by Crippen LogP contribution is 2.32. The van der Waals surface area contributed by atoms with Crippen LogP contribution in [0.15, 0.2) is 35.2 Å². The van der Waals surface area contributed by atoms with Gasteiger partial charge in [-0.1, -0.05) is 37.6 Å². The molecule has 1 heterocycles. The van der Waals surface area contributed by atoms with Crippen LogP contribution in [-0.4, -0.2) is 31.7 Å². The zero-order valence-electron chi connectivity index (χ0n) is 18.8. The van der Waals surface area contributed by atoms with Gasteiger partial charge in [0.05, 0.1) is 4.90 Å². The fraction of sp³-hybridized carbons (Fsp3) is 0.480. The van der Waals surface area contributed by atoms with Crippen LogP contribution in [0.5, 0.6) is 0 Å². The van der Waals surface area contributed by atoms with Crippen molar-refractivity contribution in [1.82, 2.24) is 4.31 Å². The van der Waals surface area contributed by atoms with E-state index in [-0.39, 0.29) is 11.8 Å². The van der Waals surface area contributed by atoms with Gasteiger partial charge in [0, 0.05) is 29.7 Å². The molecule has 0 radical (unpaired) electrons. The molecule has 1 N–H and O–H groups in total. The number of hydrogen-bond acceptors (Lipinski definition) is 3. The minimum atomic E-state index is -3.53. The van der Waals surface area contributed by atoms with E-state index in [9.17, 15) is 13.2 Å². The van der Waals surface area contributed by atoms with Crippen molar-refractivity contribution in [2.24, 2.45) is 5.92 Å². The van der Waals surface area contributed by atoms with E-state index in [0.717, 1.165) is 54.5 Å². The summed E-state index contributed by atoms with van der Waals surface area (Å²) in [6.45, 7) is 4.79. The van der Waals surface area contributed by atoms with Gasteiger partial charge in [-0.3, -0.25) is 4.79 Å². The maximum Gasteiger partial charge on any atom is 0.243 e. The minimum absolute atomic E-state index is 0.0498. The standard InChI is InChI=1S/C25H31ClN2O3S/c1-3-17-9-11-23(26)22(4-2)24(17)27-25(29)19-12-14-28(15-13-19)32(30,31)21-10-8-18-6-5-7-20(18)16-21/h8-11,16,19H,3-7,12-15H2,1-2H3,(H,27,29). The number of aryl methyl sites for hydroxylation is 3. The quantitative estimate of drug-likeness (QED) is 0.641. The molecule has 1 saturated heterocycles. The lowest BCUT2D eigenvalue weighted by Gasteiger charge is -2.31. The number of sulfonamides is 1. The molecule has 32 heavy (non-hydrogen) atoms. The number of fused-ring (bicyclic) bond motifs is 1. The Labute approximate surface area is 196 Å². The molecule has 0 aromatic heterocycles. The van der Waals surface area contributed by atoms with Crippen molar-refractivity contribution in [3.63, 3.8) is 0 Å². The summed E-state index contributed by atoms with van der Waals surface area (Å²) in [4.78, 5) is 13.4. The second-order valence-electron chi connectivity index (χ2n) is 8.72.